The SMILES string of the molecule is COc1cc(Br)c(CC(=O)NCc2ccc(Cl)cc2)cc1OC. The van der Waals surface area contributed by atoms with Crippen molar-refractivity contribution in [2.75, 3.05) is 14.2 Å². The van der Waals surface area contributed by atoms with Crippen LogP contribution in [0.25, 0.3) is 0 Å². The fraction of sp³-hybridized carbons (Fsp3) is 0.235. The van der Waals surface area contributed by atoms with Crippen molar-refractivity contribution in [1.82, 2.24) is 5.32 Å². The van der Waals surface area contributed by atoms with Crippen LogP contribution in [0.2, 0.25) is 5.02 Å². The van der Waals surface area contributed by atoms with Crippen molar-refractivity contribution in [3.63, 3.8) is 0 Å². The maximum atomic E-state index is 12.1. The van der Waals surface area contributed by atoms with Crippen LogP contribution in [0.5, 0.6) is 11.5 Å². The molecule has 0 radical (unpaired) electrons. The lowest BCUT2D eigenvalue weighted by Crippen LogP contribution is -2.24. The lowest BCUT2D eigenvalue weighted by atomic mass is 10.1. The molecule has 0 atom stereocenters. The number of methoxy groups -OCH3 is 2. The van der Waals surface area contributed by atoms with E-state index in [0.717, 1.165) is 15.6 Å². The molecular formula is C17H17BrClNO3. The Morgan fingerprint density at radius 3 is 2.35 bits per heavy atom. The van der Waals surface area contributed by atoms with E-state index < -0.39 is 0 Å². The van der Waals surface area contributed by atoms with E-state index in [9.17, 15) is 4.79 Å². The van der Waals surface area contributed by atoms with Gasteiger partial charge in [0.2, 0.25) is 5.91 Å². The molecule has 0 aliphatic carbocycles. The second-order valence-electron chi connectivity index (χ2n) is 4.88. The van der Waals surface area contributed by atoms with E-state index in [1.54, 1.807) is 38.5 Å². The van der Waals surface area contributed by atoms with E-state index in [1.807, 2.05) is 12.1 Å². The topological polar surface area (TPSA) is 47.6 Å². The summed E-state index contributed by atoms with van der Waals surface area (Å²) in [4.78, 5) is 12.1. The van der Waals surface area contributed by atoms with Crippen molar-refractivity contribution >= 4 is 33.4 Å². The van der Waals surface area contributed by atoms with Gasteiger partial charge >= 0.3 is 0 Å². The van der Waals surface area contributed by atoms with Crippen LogP contribution in [0.4, 0.5) is 0 Å². The molecule has 0 heterocycles. The molecule has 2 rings (SSSR count). The number of rotatable bonds is 6. The van der Waals surface area contributed by atoms with Gasteiger partial charge in [0.15, 0.2) is 11.5 Å². The zero-order valence-electron chi connectivity index (χ0n) is 12.9. The van der Waals surface area contributed by atoms with Crippen LogP contribution >= 0.6 is 27.5 Å². The van der Waals surface area contributed by atoms with E-state index in [0.29, 0.717) is 23.1 Å². The summed E-state index contributed by atoms with van der Waals surface area (Å²) < 4.78 is 11.3. The van der Waals surface area contributed by atoms with Crippen LogP contribution in [0.1, 0.15) is 11.1 Å². The van der Waals surface area contributed by atoms with Crippen LogP contribution in [0, 0.1) is 0 Å². The molecule has 0 aromatic heterocycles. The van der Waals surface area contributed by atoms with Gasteiger partial charge in [-0.3, -0.25) is 4.79 Å². The monoisotopic (exact) mass is 397 g/mol. The third-order valence-corrected chi connectivity index (χ3v) is 4.30. The zero-order chi connectivity index (χ0) is 16.8. The average molecular weight is 399 g/mol. The summed E-state index contributed by atoms with van der Waals surface area (Å²) >= 11 is 9.29. The molecular weight excluding hydrogens is 382 g/mol. The minimum Gasteiger partial charge on any atom is -0.493 e. The first-order valence-electron chi connectivity index (χ1n) is 6.95. The Labute approximate surface area is 148 Å². The van der Waals surface area contributed by atoms with Gasteiger partial charge in [0.05, 0.1) is 20.6 Å². The summed E-state index contributed by atoms with van der Waals surface area (Å²) in [5.74, 6) is 1.13. The third-order valence-electron chi connectivity index (χ3n) is 3.31. The number of hydrogen-bond donors (Lipinski definition) is 1. The predicted molar refractivity (Wildman–Crippen MR) is 94.2 cm³/mol. The maximum Gasteiger partial charge on any atom is 0.224 e. The van der Waals surface area contributed by atoms with Crippen LogP contribution in [-0.2, 0) is 17.8 Å². The molecule has 6 heteroatoms. The smallest absolute Gasteiger partial charge is 0.224 e. The average Bonchev–Trinajstić information content (AvgIpc) is 2.55. The first kappa shape index (κ1) is 17.6. The molecule has 122 valence electrons. The van der Waals surface area contributed by atoms with Crippen molar-refractivity contribution in [3.05, 3.63) is 57.0 Å². The standard InChI is InChI=1S/C17H17BrClNO3/c1-22-15-7-12(14(18)9-16(15)23-2)8-17(21)20-10-11-3-5-13(19)6-4-11/h3-7,9H,8,10H2,1-2H3,(H,20,21). The van der Waals surface area contributed by atoms with Gasteiger partial charge in [-0.1, -0.05) is 39.7 Å². The van der Waals surface area contributed by atoms with E-state index in [1.165, 1.54) is 0 Å². The fourth-order valence-electron chi connectivity index (χ4n) is 2.07. The number of ether oxygens (including phenoxy) is 2. The van der Waals surface area contributed by atoms with Crippen LogP contribution in [0.15, 0.2) is 40.9 Å². The van der Waals surface area contributed by atoms with E-state index in [2.05, 4.69) is 21.2 Å². The summed E-state index contributed by atoms with van der Waals surface area (Å²) in [6.45, 7) is 0.459. The van der Waals surface area contributed by atoms with Gasteiger partial charge < -0.3 is 14.8 Å². The van der Waals surface area contributed by atoms with Gasteiger partial charge in [0.1, 0.15) is 0 Å². The molecule has 0 saturated carbocycles. The zero-order valence-corrected chi connectivity index (χ0v) is 15.2. The lowest BCUT2D eigenvalue weighted by Gasteiger charge is -2.12. The van der Waals surface area contributed by atoms with Crippen molar-refractivity contribution < 1.29 is 14.3 Å². The number of carbonyl (C=O) groups is 1. The Hall–Kier alpha value is -1.72. The van der Waals surface area contributed by atoms with Crippen LogP contribution in [0.3, 0.4) is 0 Å². The molecule has 1 amide bonds. The first-order chi connectivity index (χ1) is 11.0. The van der Waals surface area contributed by atoms with E-state index in [-0.39, 0.29) is 12.3 Å². The molecule has 0 aliphatic rings. The molecule has 4 nitrogen and oxygen atoms in total. The van der Waals surface area contributed by atoms with Gasteiger partial charge in [-0.05, 0) is 35.4 Å². The molecule has 0 bridgehead atoms. The summed E-state index contributed by atoms with van der Waals surface area (Å²) in [5, 5.41) is 3.56. The minimum atomic E-state index is -0.0760. The molecule has 0 fully saturated rings. The second-order valence-corrected chi connectivity index (χ2v) is 6.17. The molecule has 1 N–H and O–H groups in total. The molecule has 23 heavy (non-hydrogen) atoms. The van der Waals surface area contributed by atoms with Gasteiger partial charge in [-0.25, -0.2) is 0 Å². The molecule has 0 spiro atoms. The summed E-state index contributed by atoms with van der Waals surface area (Å²) in [7, 11) is 3.14. The van der Waals surface area contributed by atoms with Crippen LogP contribution < -0.4 is 14.8 Å². The van der Waals surface area contributed by atoms with Gasteiger partial charge in [0, 0.05) is 16.0 Å². The first-order valence-corrected chi connectivity index (χ1v) is 8.12. The number of halogens is 2. The Kier molecular flexibility index (Phi) is 6.30. The second kappa shape index (κ2) is 8.22. The highest BCUT2D eigenvalue weighted by molar-refractivity contribution is 9.10. The lowest BCUT2D eigenvalue weighted by molar-refractivity contribution is -0.120. The van der Waals surface area contributed by atoms with Gasteiger partial charge in [-0.2, -0.15) is 0 Å². The highest BCUT2D eigenvalue weighted by atomic mass is 79.9. The highest BCUT2D eigenvalue weighted by Crippen LogP contribution is 2.33. The molecule has 2 aromatic carbocycles. The van der Waals surface area contributed by atoms with E-state index in [4.69, 9.17) is 21.1 Å². The predicted octanol–water partition coefficient (Wildman–Crippen LogP) is 3.98. The Morgan fingerprint density at radius 2 is 1.74 bits per heavy atom. The maximum absolute atomic E-state index is 12.1. The number of hydrogen-bond acceptors (Lipinski definition) is 3. The van der Waals surface area contributed by atoms with E-state index >= 15 is 0 Å². The Bertz CT molecular complexity index is 689. The van der Waals surface area contributed by atoms with Crippen molar-refractivity contribution in [2.24, 2.45) is 0 Å². The van der Waals surface area contributed by atoms with Crippen LogP contribution in [-0.4, -0.2) is 20.1 Å². The minimum absolute atomic E-state index is 0.0760. The van der Waals surface area contributed by atoms with Gasteiger partial charge in [-0.15, -0.1) is 0 Å². The third kappa shape index (κ3) is 4.88. The normalized spacial score (nSPS) is 10.3. The number of benzene rings is 2. The summed E-state index contributed by atoms with van der Waals surface area (Å²) in [6.07, 6.45) is 0.245. The number of amides is 1. The molecule has 0 saturated heterocycles. The molecule has 0 unspecified atom stereocenters. The number of nitrogens with one attached hydrogen (secondary N) is 1. The number of carbonyl (C=O) groups excluding carboxylic acids is 1. The van der Waals surface area contributed by atoms with Crippen molar-refractivity contribution in [1.29, 1.82) is 0 Å². The Balaban J connectivity index is 2.01. The Morgan fingerprint density at radius 1 is 1.13 bits per heavy atom. The van der Waals surface area contributed by atoms with Crippen molar-refractivity contribution in [3.8, 4) is 11.5 Å². The largest absolute Gasteiger partial charge is 0.493 e. The van der Waals surface area contributed by atoms with Crippen molar-refractivity contribution in [2.45, 2.75) is 13.0 Å². The highest BCUT2D eigenvalue weighted by Gasteiger charge is 2.12. The molecule has 2 aromatic rings. The fourth-order valence-corrected chi connectivity index (χ4v) is 2.66. The quantitative estimate of drug-likeness (QED) is 0.801. The summed E-state index contributed by atoms with van der Waals surface area (Å²) in [6, 6.07) is 11.0. The van der Waals surface area contributed by atoms with Gasteiger partial charge in [0.25, 0.3) is 0 Å². The molecule has 0 aliphatic heterocycles. The summed E-state index contributed by atoms with van der Waals surface area (Å²) in [5.41, 5.74) is 1.82.